The predicted molar refractivity (Wildman–Crippen MR) is 115 cm³/mol. The van der Waals surface area contributed by atoms with Crippen LogP contribution >= 0.6 is 0 Å². The first kappa shape index (κ1) is 21.3. The van der Waals surface area contributed by atoms with E-state index in [9.17, 15) is 18.0 Å². The van der Waals surface area contributed by atoms with Crippen LogP contribution in [0.25, 0.3) is 0 Å². The summed E-state index contributed by atoms with van der Waals surface area (Å²) in [4.78, 5) is 25.0. The number of anilines is 1. The van der Waals surface area contributed by atoms with Crippen LogP contribution in [0.5, 0.6) is 0 Å². The second-order valence-electron chi connectivity index (χ2n) is 6.57. The molecule has 0 aliphatic heterocycles. The lowest BCUT2D eigenvalue weighted by atomic mass is 10.0. The number of methoxy groups -OCH3 is 1. The fourth-order valence-electron chi connectivity index (χ4n) is 3.05. The molecule has 0 amide bonds. The Morgan fingerprint density at radius 3 is 1.83 bits per heavy atom. The maximum Gasteiger partial charge on any atom is 0.330 e. The lowest BCUT2D eigenvalue weighted by Crippen LogP contribution is -2.36. The molecule has 3 rings (SSSR count). The van der Waals surface area contributed by atoms with E-state index in [4.69, 9.17) is 4.74 Å². The van der Waals surface area contributed by atoms with Crippen LogP contribution in [-0.4, -0.2) is 34.3 Å². The van der Waals surface area contributed by atoms with Crippen molar-refractivity contribution < 1.29 is 22.7 Å². The molecule has 0 aliphatic rings. The highest BCUT2D eigenvalue weighted by molar-refractivity contribution is 7.93. The number of para-hydroxylation sites is 1. The largest absolute Gasteiger partial charge is 0.468 e. The highest BCUT2D eigenvalue weighted by Crippen LogP contribution is 2.30. The summed E-state index contributed by atoms with van der Waals surface area (Å²) >= 11 is 0. The van der Waals surface area contributed by atoms with E-state index in [-0.39, 0.29) is 11.3 Å². The number of carbonyl (C=O) groups excluding carboxylic acids is 2. The van der Waals surface area contributed by atoms with Gasteiger partial charge in [0.05, 0.1) is 12.8 Å². The summed E-state index contributed by atoms with van der Waals surface area (Å²) in [6, 6.07) is 23.2. The summed E-state index contributed by atoms with van der Waals surface area (Å²) in [5.74, 6) is -1.10. The Morgan fingerprint density at radius 1 is 0.800 bits per heavy atom. The first-order chi connectivity index (χ1) is 14.4. The van der Waals surface area contributed by atoms with Crippen molar-refractivity contribution in [2.45, 2.75) is 5.25 Å². The van der Waals surface area contributed by atoms with Gasteiger partial charge in [-0.05, 0) is 17.7 Å². The molecule has 3 aromatic rings. The van der Waals surface area contributed by atoms with E-state index in [1.807, 2.05) is 6.07 Å². The second kappa shape index (κ2) is 8.92. The van der Waals surface area contributed by atoms with Crippen LogP contribution < -0.4 is 4.31 Å². The Hall–Kier alpha value is -3.45. The number of nitrogens with zero attached hydrogens (tertiary/aromatic N) is 1. The number of rotatable bonds is 7. The van der Waals surface area contributed by atoms with Gasteiger partial charge in [-0.1, -0.05) is 72.8 Å². The molecule has 0 heterocycles. The SMILES string of the molecule is COC(=O)C(c1ccc(C(=O)c2ccccc2)cc1)S(=O)(=O)N(C)c1ccccc1. The Bertz CT molecular complexity index is 1130. The minimum atomic E-state index is -4.13. The highest BCUT2D eigenvalue weighted by Gasteiger charge is 2.38. The third-order valence-electron chi connectivity index (χ3n) is 4.73. The fourth-order valence-corrected chi connectivity index (χ4v) is 4.62. The summed E-state index contributed by atoms with van der Waals surface area (Å²) in [5.41, 5.74) is 1.55. The van der Waals surface area contributed by atoms with E-state index in [2.05, 4.69) is 0 Å². The smallest absolute Gasteiger partial charge is 0.330 e. The van der Waals surface area contributed by atoms with Gasteiger partial charge in [-0.25, -0.2) is 8.42 Å². The summed E-state index contributed by atoms with van der Waals surface area (Å²) in [7, 11) is -1.61. The quantitative estimate of drug-likeness (QED) is 0.428. The molecule has 1 atom stereocenters. The molecule has 0 aliphatic carbocycles. The number of benzene rings is 3. The van der Waals surface area contributed by atoms with Gasteiger partial charge in [0.25, 0.3) is 10.0 Å². The van der Waals surface area contributed by atoms with Crippen molar-refractivity contribution in [3.8, 4) is 0 Å². The van der Waals surface area contributed by atoms with Gasteiger partial charge in [0.15, 0.2) is 5.78 Å². The average molecular weight is 423 g/mol. The van der Waals surface area contributed by atoms with E-state index >= 15 is 0 Å². The second-order valence-corrected chi connectivity index (χ2v) is 8.62. The zero-order valence-electron chi connectivity index (χ0n) is 16.6. The molecule has 3 aromatic carbocycles. The van der Waals surface area contributed by atoms with Crippen LogP contribution in [0.2, 0.25) is 0 Å². The minimum absolute atomic E-state index is 0.193. The molecule has 1 unspecified atom stereocenters. The first-order valence-corrected chi connectivity index (χ1v) is 10.7. The van der Waals surface area contributed by atoms with Gasteiger partial charge < -0.3 is 4.74 Å². The first-order valence-electron chi connectivity index (χ1n) is 9.16. The Kier molecular flexibility index (Phi) is 6.32. The van der Waals surface area contributed by atoms with Gasteiger partial charge in [-0.15, -0.1) is 0 Å². The number of sulfonamides is 1. The van der Waals surface area contributed by atoms with E-state index in [1.54, 1.807) is 54.6 Å². The molecule has 0 bridgehead atoms. The maximum atomic E-state index is 13.2. The fraction of sp³-hybridized carbons (Fsp3) is 0.130. The lowest BCUT2D eigenvalue weighted by Gasteiger charge is -2.25. The number of hydrogen-bond acceptors (Lipinski definition) is 5. The molecule has 0 saturated heterocycles. The molecule has 30 heavy (non-hydrogen) atoms. The van der Waals surface area contributed by atoms with E-state index in [1.165, 1.54) is 31.3 Å². The summed E-state index contributed by atoms with van der Waals surface area (Å²) in [6.45, 7) is 0. The van der Waals surface area contributed by atoms with Crippen molar-refractivity contribution in [1.82, 2.24) is 0 Å². The average Bonchev–Trinajstić information content (AvgIpc) is 2.79. The summed E-state index contributed by atoms with van der Waals surface area (Å²) in [5, 5.41) is -1.56. The van der Waals surface area contributed by atoms with Crippen LogP contribution in [0.3, 0.4) is 0 Å². The molecular formula is C23H21NO5S. The minimum Gasteiger partial charge on any atom is -0.468 e. The molecule has 154 valence electrons. The van der Waals surface area contributed by atoms with Crippen molar-refractivity contribution in [3.05, 3.63) is 102 Å². The molecule has 7 heteroatoms. The van der Waals surface area contributed by atoms with Crippen molar-refractivity contribution in [3.63, 3.8) is 0 Å². The number of esters is 1. The number of ketones is 1. The van der Waals surface area contributed by atoms with Gasteiger partial charge in [0.1, 0.15) is 0 Å². The van der Waals surface area contributed by atoms with Crippen molar-refractivity contribution in [1.29, 1.82) is 0 Å². The standard InChI is InChI=1S/C23H21NO5S/c1-24(20-11-7-4-8-12-20)30(27,28)22(23(26)29-2)19-15-13-18(14-16-19)21(25)17-9-5-3-6-10-17/h3-16,22H,1-2H3. The van der Waals surface area contributed by atoms with Gasteiger partial charge in [0.2, 0.25) is 5.25 Å². The predicted octanol–water partition coefficient (Wildman–Crippen LogP) is 3.60. The molecular weight excluding hydrogens is 402 g/mol. The van der Waals surface area contributed by atoms with Gasteiger partial charge in [0, 0.05) is 18.2 Å². The highest BCUT2D eigenvalue weighted by atomic mass is 32.2. The normalized spacial score (nSPS) is 12.1. The molecule has 0 spiro atoms. The lowest BCUT2D eigenvalue weighted by molar-refractivity contribution is -0.140. The Labute approximate surface area is 175 Å². The Morgan fingerprint density at radius 2 is 1.30 bits per heavy atom. The summed E-state index contributed by atoms with van der Waals surface area (Å²) < 4.78 is 32.3. The van der Waals surface area contributed by atoms with Crippen LogP contribution in [0, 0.1) is 0 Å². The van der Waals surface area contributed by atoms with Crippen LogP contribution in [-0.2, 0) is 19.6 Å². The molecule has 0 N–H and O–H groups in total. The van der Waals surface area contributed by atoms with Gasteiger partial charge >= 0.3 is 5.97 Å². The van der Waals surface area contributed by atoms with Gasteiger partial charge in [-0.3, -0.25) is 13.9 Å². The number of carbonyl (C=O) groups is 2. The van der Waals surface area contributed by atoms with E-state index in [0.29, 0.717) is 16.8 Å². The molecule has 0 saturated carbocycles. The zero-order valence-corrected chi connectivity index (χ0v) is 17.4. The van der Waals surface area contributed by atoms with E-state index < -0.39 is 21.2 Å². The third-order valence-corrected chi connectivity index (χ3v) is 6.76. The van der Waals surface area contributed by atoms with Crippen LogP contribution in [0.4, 0.5) is 5.69 Å². The van der Waals surface area contributed by atoms with Crippen molar-refractivity contribution in [2.24, 2.45) is 0 Å². The van der Waals surface area contributed by atoms with Crippen molar-refractivity contribution in [2.75, 3.05) is 18.5 Å². The molecule has 0 fully saturated rings. The Balaban J connectivity index is 1.96. The number of hydrogen-bond donors (Lipinski definition) is 0. The van der Waals surface area contributed by atoms with Crippen LogP contribution in [0.1, 0.15) is 26.7 Å². The van der Waals surface area contributed by atoms with E-state index in [0.717, 1.165) is 11.4 Å². The summed E-state index contributed by atoms with van der Waals surface area (Å²) in [6.07, 6.45) is 0. The van der Waals surface area contributed by atoms with Gasteiger partial charge in [-0.2, -0.15) is 0 Å². The zero-order chi connectivity index (χ0) is 21.7. The molecule has 0 radical (unpaired) electrons. The third kappa shape index (κ3) is 4.26. The number of ether oxygens (including phenoxy) is 1. The maximum absolute atomic E-state index is 13.2. The monoisotopic (exact) mass is 423 g/mol. The van der Waals surface area contributed by atoms with Crippen LogP contribution in [0.15, 0.2) is 84.9 Å². The molecule has 0 aromatic heterocycles. The molecule has 6 nitrogen and oxygen atoms in total. The topological polar surface area (TPSA) is 80.8 Å². The van der Waals surface area contributed by atoms with Crippen molar-refractivity contribution >= 4 is 27.5 Å².